The van der Waals surface area contributed by atoms with Crippen molar-refractivity contribution in [3.05, 3.63) is 47.3 Å². The van der Waals surface area contributed by atoms with Gasteiger partial charge in [0.1, 0.15) is 4.88 Å². The van der Waals surface area contributed by atoms with Crippen LogP contribution >= 0.6 is 11.3 Å². The van der Waals surface area contributed by atoms with Crippen molar-refractivity contribution in [3.63, 3.8) is 0 Å². The fourth-order valence-electron chi connectivity index (χ4n) is 2.06. The maximum absolute atomic E-state index is 13.0. The van der Waals surface area contributed by atoms with Crippen LogP contribution in [0.5, 0.6) is 0 Å². The molecule has 3 rings (SSSR count). The largest absolute Gasteiger partial charge is 1.00 e. The van der Waals surface area contributed by atoms with Gasteiger partial charge >= 0.3 is 57.6 Å². The summed E-state index contributed by atoms with van der Waals surface area (Å²) < 4.78 is 38.9. The molecule has 0 unspecified atom stereocenters. The van der Waals surface area contributed by atoms with Crippen molar-refractivity contribution in [2.45, 2.75) is 6.18 Å². The van der Waals surface area contributed by atoms with Crippen LogP contribution in [0.15, 0.2) is 42.5 Å². The van der Waals surface area contributed by atoms with E-state index in [9.17, 15) is 13.2 Å². The van der Waals surface area contributed by atoms with E-state index in [0.29, 0.717) is 16.9 Å². The van der Waals surface area contributed by atoms with Gasteiger partial charge in [-0.25, -0.2) is 4.98 Å². The van der Waals surface area contributed by atoms with E-state index < -0.39 is 11.1 Å². The number of anilines is 1. The van der Waals surface area contributed by atoms with E-state index in [0.717, 1.165) is 10.8 Å². The average molecular weight is 381 g/mol. The van der Waals surface area contributed by atoms with Crippen LogP contribution in [0.4, 0.5) is 18.3 Å². The van der Waals surface area contributed by atoms with E-state index in [2.05, 4.69) is 17.6 Å². The smallest absolute Gasteiger partial charge is 0.796 e. The molecule has 0 fully saturated rings. The van der Waals surface area contributed by atoms with Crippen LogP contribution in [-0.2, 0) is 18.8 Å². The minimum absolute atomic E-state index is 0. The molecule has 0 saturated heterocycles. The predicted molar refractivity (Wildman–Crippen MR) is 87.8 cm³/mol. The monoisotopic (exact) mass is 380 g/mol. The van der Waals surface area contributed by atoms with Gasteiger partial charge in [0.25, 0.3) is 0 Å². The summed E-state index contributed by atoms with van der Waals surface area (Å²) in [7, 11) is 0. The van der Waals surface area contributed by atoms with Gasteiger partial charge in [0, 0.05) is 5.56 Å². The first-order valence-corrected chi connectivity index (χ1v) is 7.82. The molecule has 0 aliphatic carbocycles. The summed E-state index contributed by atoms with van der Waals surface area (Å²) >= 11 is 4.55. The van der Waals surface area contributed by atoms with Crippen LogP contribution in [0.25, 0.3) is 22.0 Å². The SMILES string of the molecule is C[S-].Nc1nc(-c2ccc3ccccc3c2)c(C(F)(F)F)s1.[K+]. The normalized spacial score (nSPS) is 10.7. The first-order valence-electron chi connectivity index (χ1n) is 6.18. The number of thiazole rings is 1. The Hall–Kier alpha value is -0.0936. The van der Waals surface area contributed by atoms with E-state index in [1.165, 1.54) is 0 Å². The topological polar surface area (TPSA) is 38.9 Å². The zero-order valence-electron chi connectivity index (χ0n) is 12.5. The number of nitrogen functional groups attached to an aromatic ring is 1. The van der Waals surface area contributed by atoms with Crippen molar-refractivity contribution < 1.29 is 64.6 Å². The fraction of sp³-hybridized carbons (Fsp3) is 0.133. The zero-order valence-corrected chi connectivity index (χ0v) is 17.3. The van der Waals surface area contributed by atoms with Crippen LogP contribution in [0.2, 0.25) is 0 Å². The van der Waals surface area contributed by atoms with E-state index in [1.807, 2.05) is 24.3 Å². The molecule has 3 aromatic rings. The Balaban J connectivity index is 0.000000849. The number of hydrogen-bond acceptors (Lipinski definition) is 4. The zero-order chi connectivity index (χ0) is 16.3. The molecule has 2 nitrogen and oxygen atoms in total. The second-order valence-corrected chi connectivity index (χ2v) is 5.32. The van der Waals surface area contributed by atoms with Crippen LogP contribution in [-0.4, -0.2) is 11.2 Å². The number of halogens is 3. The maximum Gasteiger partial charge on any atom is 1.00 e. The Morgan fingerprint density at radius 3 is 2.26 bits per heavy atom. The van der Waals surface area contributed by atoms with Crippen molar-refractivity contribution in [1.82, 2.24) is 4.98 Å². The van der Waals surface area contributed by atoms with Gasteiger partial charge in [-0.1, -0.05) is 47.7 Å². The summed E-state index contributed by atoms with van der Waals surface area (Å²) in [5, 5.41) is 1.75. The summed E-state index contributed by atoms with van der Waals surface area (Å²) in [5.74, 6) is 0. The number of alkyl halides is 3. The first-order chi connectivity index (χ1) is 10.4. The summed E-state index contributed by atoms with van der Waals surface area (Å²) in [4.78, 5) is 3.07. The van der Waals surface area contributed by atoms with Gasteiger partial charge in [0.15, 0.2) is 5.13 Å². The molecular weight excluding hydrogens is 368 g/mol. The summed E-state index contributed by atoms with van der Waals surface area (Å²) in [6.07, 6.45) is -2.86. The molecule has 0 aliphatic heterocycles. The fourth-order valence-corrected chi connectivity index (χ4v) is 2.78. The summed E-state index contributed by atoms with van der Waals surface area (Å²) in [6, 6.07) is 12.6. The number of rotatable bonds is 1. The standard InChI is InChI=1S/C14H9F3N2S.CH4S.K/c15-14(16,17)12-11(19-13(18)20-12)10-6-5-8-3-1-2-4-9(8)7-10;1-2;/h1-7H,(H2,18,19);2H,1H3;/q;;+1/p-1. The Morgan fingerprint density at radius 2 is 1.65 bits per heavy atom. The van der Waals surface area contributed by atoms with Gasteiger partial charge in [0.2, 0.25) is 0 Å². The third kappa shape index (κ3) is 4.94. The Labute approximate surface area is 184 Å². The molecule has 0 spiro atoms. The van der Waals surface area contributed by atoms with Crippen molar-refractivity contribution in [1.29, 1.82) is 0 Å². The van der Waals surface area contributed by atoms with Crippen LogP contribution < -0.4 is 57.1 Å². The predicted octanol–water partition coefficient (Wildman–Crippen LogP) is 1.73. The van der Waals surface area contributed by atoms with Gasteiger partial charge in [-0.2, -0.15) is 19.4 Å². The molecule has 2 N–H and O–H groups in total. The number of nitrogens with zero attached hydrogens (tertiary/aromatic N) is 1. The number of benzene rings is 2. The van der Waals surface area contributed by atoms with E-state index in [4.69, 9.17) is 5.73 Å². The maximum atomic E-state index is 13.0. The summed E-state index contributed by atoms with van der Waals surface area (Å²) in [6.45, 7) is 0. The first kappa shape index (κ1) is 21.0. The molecule has 0 saturated carbocycles. The molecular formula is C15H12F3KN2S2. The Morgan fingerprint density at radius 1 is 1.04 bits per heavy atom. The molecule has 2 aromatic carbocycles. The van der Waals surface area contributed by atoms with Gasteiger partial charge in [-0.3, -0.25) is 0 Å². The molecule has 0 aliphatic rings. The van der Waals surface area contributed by atoms with Crippen LogP contribution in [0.1, 0.15) is 4.88 Å². The molecule has 1 heterocycles. The quantitative estimate of drug-likeness (QED) is 0.516. The van der Waals surface area contributed by atoms with Crippen molar-refractivity contribution in [2.24, 2.45) is 0 Å². The molecule has 1 aromatic heterocycles. The molecule has 23 heavy (non-hydrogen) atoms. The minimum Gasteiger partial charge on any atom is -0.796 e. The molecule has 116 valence electrons. The van der Waals surface area contributed by atoms with Crippen molar-refractivity contribution in [2.75, 3.05) is 12.0 Å². The van der Waals surface area contributed by atoms with E-state index in [1.54, 1.807) is 24.5 Å². The third-order valence-corrected chi connectivity index (χ3v) is 3.85. The van der Waals surface area contributed by atoms with E-state index in [-0.39, 0.29) is 62.2 Å². The summed E-state index contributed by atoms with van der Waals surface area (Å²) in [5.41, 5.74) is 5.75. The number of fused-ring (bicyclic) bond motifs is 1. The number of aromatic nitrogens is 1. The Bertz CT molecular complexity index is 788. The van der Waals surface area contributed by atoms with Crippen LogP contribution in [0.3, 0.4) is 0 Å². The number of nitrogens with two attached hydrogens (primary N) is 1. The molecule has 0 atom stereocenters. The minimum atomic E-state index is -4.45. The molecule has 0 bridgehead atoms. The second kappa shape index (κ2) is 8.84. The van der Waals surface area contributed by atoms with Crippen LogP contribution in [0, 0.1) is 0 Å². The number of hydrogen-bond donors (Lipinski definition) is 1. The third-order valence-electron chi connectivity index (χ3n) is 2.92. The Kier molecular flexibility index (Phi) is 8.05. The van der Waals surface area contributed by atoms with Gasteiger partial charge < -0.3 is 18.4 Å². The van der Waals surface area contributed by atoms with Crippen molar-refractivity contribution in [3.8, 4) is 11.3 Å². The van der Waals surface area contributed by atoms with Crippen molar-refractivity contribution >= 4 is 39.9 Å². The second-order valence-electron chi connectivity index (χ2n) is 4.29. The average Bonchev–Trinajstić information content (AvgIpc) is 2.91. The van der Waals surface area contributed by atoms with Gasteiger partial charge in [-0.05, 0) is 16.8 Å². The van der Waals surface area contributed by atoms with Gasteiger partial charge in [0.05, 0.1) is 5.69 Å². The molecule has 8 heteroatoms. The van der Waals surface area contributed by atoms with E-state index >= 15 is 0 Å². The molecule has 0 radical (unpaired) electrons. The molecule has 0 amide bonds. The van der Waals surface area contributed by atoms with Gasteiger partial charge in [-0.15, -0.1) is 0 Å².